The number of allylic oxidation sites excluding steroid dienone is 1. The molecule has 6 heteroatoms. The summed E-state index contributed by atoms with van der Waals surface area (Å²) in [7, 11) is 2.83. The topological polar surface area (TPSA) is 89.9 Å². The van der Waals surface area contributed by atoms with Crippen LogP contribution in [0.4, 0.5) is 0 Å². The Morgan fingerprint density at radius 3 is 2.43 bits per heavy atom. The van der Waals surface area contributed by atoms with Gasteiger partial charge in [-0.05, 0) is 37.0 Å². The Morgan fingerprint density at radius 2 is 1.91 bits per heavy atom. The standard InChI is InChI=1S/C17H20O6/c1-4-5-6-7-11-8-12(13(18)10-14(19)17(20)21)16(23-3)15(9-11)22-2/h4,8-9H,1,5-7,10H2,2-3H3,(H,20,21). The van der Waals surface area contributed by atoms with Crippen molar-refractivity contribution in [3.63, 3.8) is 0 Å². The minimum absolute atomic E-state index is 0.148. The number of benzene rings is 1. The Morgan fingerprint density at radius 1 is 1.22 bits per heavy atom. The Hall–Kier alpha value is -2.63. The summed E-state index contributed by atoms with van der Waals surface area (Å²) in [5.41, 5.74) is 0.991. The van der Waals surface area contributed by atoms with E-state index in [0.29, 0.717) is 12.2 Å². The van der Waals surface area contributed by atoms with Crippen LogP contribution in [0.15, 0.2) is 24.8 Å². The average Bonchev–Trinajstić information content (AvgIpc) is 2.53. The summed E-state index contributed by atoms with van der Waals surface area (Å²) in [5, 5.41) is 8.64. The van der Waals surface area contributed by atoms with Crippen LogP contribution in [0, 0.1) is 0 Å². The number of ketones is 2. The maximum atomic E-state index is 12.3. The van der Waals surface area contributed by atoms with Gasteiger partial charge in [0.2, 0.25) is 5.78 Å². The smallest absolute Gasteiger partial charge is 0.372 e. The van der Waals surface area contributed by atoms with Gasteiger partial charge in [0, 0.05) is 0 Å². The highest BCUT2D eigenvalue weighted by atomic mass is 16.5. The predicted molar refractivity (Wildman–Crippen MR) is 84.3 cm³/mol. The van der Waals surface area contributed by atoms with E-state index in [9.17, 15) is 14.4 Å². The van der Waals surface area contributed by atoms with Crippen LogP contribution in [0.1, 0.15) is 35.2 Å². The molecule has 0 aliphatic heterocycles. The molecule has 1 aromatic carbocycles. The number of Topliss-reactive ketones (excluding diaryl/α,β-unsaturated/α-hetero) is 2. The van der Waals surface area contributed by atoms with Crippen LogP contribution < -0.4 is 9.47 Å². The lowest BCUT2D eigenvalue weighted by Gasteiger charge is -2.14. The van der Waals surface area contributed by atoms with Gasteiger partial charge in [-0.2, -0.15) is 0 Å². The number of carbonyl (C=O) groups excluding carboxylic acids is 2. The molecule has 1 aromatic rings. The van der Waals surface area contributed by atoms with Gasteiger partial charge in [-0.1, -0.05) is 6.08 Å². The lowest BCUT2D eigenvalue weighted by atomic mass is 9.99. The first-order valence-corrected chi connectivity index (χ1v) is 7.09. The fourth-order valence-corrected chi connectivity index (χ4v) is 2.14. The van der Waals surface area contributed by atoms with E-state index in [1.807, 2.05) is 0 Å². The van der Waals surface area contributed by atoms with E-state index in [1.54, 1.807) is 18.2 Å². The van der Waals surface area contributed by atoms with Crippen molar-refractivity contribution in [2.45, 2.75) is 25.7 Å². The molecule has 0 radical (unpaired) electrons. The third kappa shape index (κ3) is 4.95. The second kappa shape index (κ2) is 8.73. The molecule has 0 saturated heterocycles. The van der Waals surface area contributed by atoms with Crippen LogP contribution >= 0.6 is 0 Å². The van der Waals surface area contributed by atoms with Crippen molar-refractivity contribution >= 4 is 17.5 Å². The zero-order chi connectivity index (χ0) is 17.4. The highest BCUT2D eigenvalue weighted by Gasteiger charge is 2.23. The summed E-state index contributed by atoms with van der Waals surface area (Å²) in [6, 6.07) is 3.37. The van der Waals surface area contributed by atoms with E-state index in [0.717, 1.165) is 18.4 Å². The zero-order valence-corrected chi connectivity index (χ0v) is 13.3. The molecule has 0 aliphatic carbocycles. The summed E-state index contributed by atoms with van der Waals surface area (Å²) >= 11 is 0. The zero-order valence-electron chi connectivity index (χ0n) is 13.3. The normalized spacial score (nSPS) is 10.0. The van der Waals surface area contributed by atoms with Crippen molar-refractivity contribution < 1.29 is 29.0 Å². The van der Waals surface area contributed by atoms with Crippen molar-refractivity contribution in [2.24, 2.45) is 0 Å². The van der Waals surface area contributed by atoms with Crippen molar-refractivity contribution in [3.8, 4) is 11.5 Å². The molecule has 0 fully saturated rings. The van der Waals surface area contributed by atoms with Crippen LogP contribution in [-0.4, -0.2) is 36.9 Å². The molecule has 1 N–H and O–H groups in total. The van der Waals surface area contributed by atoms with Gasteiger partial charge in [0.1, 0.15) is 0 Å². The largest absolute Gasteiger partial charge is 0.493 e. The fraction of sp³-hybridized carbons (Fsp3) is 0.353. The Kier molecular flexibility index (Phi) is 6.99. The molecule has 0 aromatic heterocycles. The van der Waals surface area contributed by atoms with Crippen LogP contribution in [0.2, 0.25) is 0 Å². The lowest BCUT2D eigenvalue weighted by molar-refractivity contribution is -0.148. The summed E-state index contributed by atoms with van der Waals surface area (Å²) in [6.45, 7) is 3.66. The summed E-state index contributed by atoms with van der Waals surface area (Å²) in [4.78, 5) is 34.1. The minimum Gasteiger partial charge on any atom is -0.493 e. The second-order valence-corrected chi connectivity index (χ2v) is 4.89. The number of aliphatic carboxylic acids is 1. The first-order valence-electron chi connectivity index (χ1n) is 7.09. The van der Waals surface area contributed by atoms with E-state index in [2.05, 4.69) is 6.58 Å². The third-order valence-electron chi connectivity index (χ3n) is 3.27. The van der Waals surface area contributed by atoms with Crippen molar-refractivity contribution in [1.29, 1.82) is 0 Å². The molecule has 23 heavy (non-hydrogen) atoms. The minimum atomic E-state index is -1.63. The molecule has 124 valence electrons. The van der Waals surface area contributed by atoms with Crippen LogP contribution in [0.25, 0.3) is 0 Å². The second-order valence-electron chi connectivity index (χ2n) is 4.89. The monoisotopic (exact) mass is 320 g/mol. The van der Waals surface area contributed by atoms with Gasteiger partial charge in [0.05, 0.1) is 26.2 Å². The molecule has 0 atom stereocenters. The molecule has 1 rings (SSSR count). The molecule has 0 saturated carbocycles. The highest BCUT2D eigenvalue weighted by Crippen LogP contribution is 2.34. The number of carboxylic acid groups (broad SMARTS) is 1. The summed E-state index contributed by atoms with van der Waals surface area (Å²) < 4.78 is 10.4. The molecule has 0 bridgehead atoms. The van der Waals surface area contributed by atoms with E-state index < -0.39 is 24.0 Å². The Balaban J connectivity index is 3.17. The van der Waals surface area contributed by atoms with Gasteiger partial charge in [0.15, 0.2) is 17.3 Å². The third-order valence-corrected chi connectivity index (χ3v) is 3.27. The van der Waals surface area contributed by atoms with Crippen molar-refractivity contribution in [1.82, 2.24) is 0 Å². The molecular weight excluding hydrogens is 300 g/mol. The highest BCUT2D eigenvalue weighted by molar-refractivity contribution is 6.37. The van der Waals surface area contributed by atoms with Crippen LogP contribution in [0.5, 0.6) is 11.5 Å². The van der Waals surface area contributed by atoms with Crippen molar-refractivity contribution in [2.75, 3.05) is 14.2 Å². The van der Waals surface area contributed by atoms with E-state index in [-0.39, 0.29) is 11.3 Å². The SMILES string of the molecule is C=CCCCc1cc(OC)c(OC)c(C(=O)CC(=O)C(=O)O)c1. The first-order chi connectivity index (χ1) is 10.9. The number of carboxylic acids is 1. The van der Waals surface area contributed by atoms with Gasteiger partial charge in [-0.15, -0.1) is 6.58 Å². The van der Waals surface area contributed by atoms with E-state index >= 15 is 0 Å². The fourth-order valence-electron chi connectivity index (χ4n) is 2.14. The van der Waals surface area contributed by atoms with Gasteiger partial charge >= 0.3 is 5.97 Å². The number of rotatable bonds is 10. The van der Waals surface area contributed by atoms with Crippen LogP contribution in [0.3, 0.4) is 0 Å². The number of carbonyl (C=O) groups is 3. The van der Waals surface area contributed by atoms with Gasteiger partial charge < -0.3 is 14.6 Å². The van der Waals surface area contributed by atoms with E-state index in [4.69, 9.17) is 14.6 Å². The maximum Gasteiger partial charge on any atom is 0.372 e. The quantitative estimate of drug-likeness (QED) is 0.234. The van der Waals surface area contributed by atoms with Gasteiger partial charge in [0.25, 0.3) is 0 Å². The molecule has 0 unspecified atom stereocenters. The Bertz CT molecular complexity index is 618. The summed E-state index contributed by atoms with van der Waals surface area (Å²) in [6.07, 6.45) is 3.46. The maximum absolute atomic E-state index is 12.3. The number of unbranched alkanes of at least 4 members (excludes halogenated alkanes) is 1. The molecule has 0 amide bonds. The Labute approximate surface area is 134 Å². The number of hydrogen-bond acceptors (Lipinski definition) is 5. The molecule has 0 aliphatic rings. The van der Waals surface area contributed by atoms with E-state index in [1.165, 1.54) is 14.2 Å². The number of hydrogen-bond donors (Lipinski definition) is 1. The first kappa shape index (κ1) is 18.4. The van der Waals surface area contributed by atoms with Crippen LogP contribution in [-0.2, 0) is 16.0 Å². The average molecular weight is 320 g/mol. The molecule has 6 nitrogen and oxygen atoms in total. The number of aryl methyl sites for hydroxylation is 1. The predicted octanol–water partition coefficient (Wildman–Crippen LogP) is 2.44. The summed E-state index contributed by atoms with van der Waals surface area (Å²) in [5.74, 6) is -2.84. The molecule has 0 heterocycles. The lowest BCUT2D eigenvalue weighted by Crippen LogP contribution is -2.18. The number of ether oxygens (including phenoxy) is 2. The van der Waals surface area contributed by atoms with Gasteiger partial charge in [-0.3, -0.25) is 9.59 Å². The van der Waals surface area contributed by atoms with Crippen molar-refractivity contribution in [3.05, 3.63) is 35.9 Å². The molecule has 0 spiro atoms. The molecular formula is C17H20O6. The van der Waals surface area contributed by atoms with Gasteiger partial charge in [-0.25, -0.2) is 4.79 Å². The number of methoxy groups -OCH3 is 2.